The number of nitrogens with zero attached hydrogens (tertiary/aromatic N) is 4. The number of hydrogen-bond acceptors (Lipinski definition) is 4. The fraction of sp³-hybridized carbons (Fsp3) is 0.789. The first-order valence-corrected chi connectivity index (χ1v) is 10.3. The minimum absolute atomic E-state index is 0.0907. The number of hydrogen-bond donors (Lipinski definition) is 1. The first-order valence-electron chi connectivity index (χ1n) is 9.47. The van der Waals surface area contributed by atoms with Gasteiger partial charge < -0.3 is 10.2 Å². The van der Waals surface area contributed by atoms with Crippen LogP contribution in [0.25, 0.3) is 0 Å². The molecule has 0 radical (unpaired) electrons. The molecule has 2 heterocycles. The van der Waals surface area contributed by atoms with Crippen molar-refractivity contribution in [2.75, 3.05) is 33.2 Å². The van der Waals surface area contributed by atoms with Gasteiger partial charge in [-0.1, -0.05) is 6.92 Å². The van der Waals surface area contributed by atoms with Gasteiger partial charge in [-0.3, -0.25) is 9.89 Å². The molecule has 1 fully saturated rings. The van der Waals surface area contributed by atoms with E-state index in [0.29, 0.717) is 0 Å². The van der Waals surface area contributed by atoms with Crippen molar-refractivity contribution in [3.63, 3.8) is 0 Å². The van der Waals surface area contributed by atoms with E-state index < -0.39 is 0 Å². The quantitative estimate of drug-likeness (QED) is 0.620. The van der Waals surface area contributed by atoms with Crippen LogP contribution in [0.2, 0.25) is 0 Å². The highest BCUT2D eigenvalue weighted by Gasteiger charge is 2.30. The van der Waals surface area contributed by atoms with Crippen LogP contribution >= 0.6 is 11.3 Å². The van der Waals surface area contributed by atoms with Gasteiger partial charge in [0.1, 0.15) is 0 Å². The molecule has 6 heteroatoms. The number of aliphatic imine (C=N–C) groups is 1. The maximum atomic E-state index is 4.95. The molecule has 1 N–H and O–H groups in total. The minimum atomic E-state index is 0.0907. The summed E-state index contributed by atoms with van der Waals surface area (Å²) in [5.74, 6) is 1.76. The summed E-state index contributed by atoms with van der Waals surface area (Å²) in [7, 11) is 2.09. The Morgan fingerprint density at radius 2 is 2.28 bits per heavy atom. The fourth-order valence-corrected chi connectivity index (χ4v) is 3.98. The Morgan fingerprint density at radius 3 is 2.88 bits per heavy atom. The summed E-state index contributed by atoms with van der Waals surface area (Å²) in [4.78, 5) is 14.3. The van der Waals surface area contributed by atoms with E-state index in [-0.39, 0.29) is 5.54 Å². The molecule has 0 bridgehead atoms. The van der Waals surface area contributed by atoms with Crippen molar-refractivity contribution in [1.29, 1.82) is 0 Å². The molecule has 0 aliphatic carbocycles. The van der Waals surface area contributed by atoms with E-state index >= 15 is 0 Å². The molecule has 1 unspecified atom stereocenters. The van der Waals surface area contributed by atoms with Gasteiger partial charge in [-0.05, 0) is 53.0 Å². The Balaban J connectivity index is 2.01. The lowest BCUT2D eigenvalue weighted by molar-refractivity contribution is 0.0773. The number of thiazole rings is 1. The van der Waals surface area contributed by atoms with Gasteiger partial charge in [-0.25, -0.2) is 4.98 Å². The van der Waals surface area contributed by atoms with Gasteiger partial charge in [-0.15, -0.1) is 11.3 Å². The van der Waals surface area contributed by atoms with Gasteiger partial charge in [0.05, 0.1) is 23.8 Å². The van der Waals surface area contributed by atoms with Crippen molar-refractivity contribution in [1.82, 2.24) is 20.1 Å². The van der Waals surface area contributed by atoms with Crippen LogP contribution in [0, 0.1) is 12.8 Å². The van der Waals surface area contributed by atoms with Gasteiger partial charge in [0.2, 0.25) is 0 Å². The van der Waals surface area contributed by atoms with Crippen molar-refractivity contribution < 1.29 is 0 Å². The zero-order valence-electron chi connectivity index (χ0n) is 16.8. The molecule has 1 aromatic heterocycles. The summed E-state index contributed by atoms with van der Waals surface area (Å²) in [6.07, 6.45) is 2.66. The zero-order valence-corrected chi connectivity index (χ0v) is 17.6. The maximum absolute atomic E-state index is 4.95. The summed E-state index contributed by atoms with van der Waals surface area (Å²) in [5.41, 5.74) is 1.20. The minimum Gasteiger partial charge on any atom is -0.357 e. The highest BCUT2D eigenvalue weighted by atomic mass is 32.1. The van der Waals surface area contributed by atoms with Crippen LogP contribution in [0.15, 0.2) is 10.4 Å². The number of aryl methyl sites for hydroxylation is 1. The van der Waals surface area contributed by atoms with Crippen LogP contribution in [0.1, 0.15) is 51.2 Å². The topological polar surface area (TPSA) is 43.8 Å². The molecule has 1 aliphatic rings. The second kappa shape index (κ2) is 8.99. The number of likely N-dealkylation sites (tertiary alicyclic amines) is 1. The first kappa shape index (κ1) is 20.2. The Bertz CT molecular complexity index is 566. The largest absolute Gasteiger partial charge is 0.357 e. The monoisotopic (exact) mass is 365 g/mol. The number of aromatic nitrogens is 1. The number of guanidine groups is 1. The Hall–Kier alpha value is -1.14. The zero-order chi connectivity index (χ0) is 18.4. The van der Waals surface area contributed by atoms with Crippen molar-refractivity contribution in [3.05, 3.63) is 16.1 Å². The second-order valence-corrected chi connectivity index (χ2v) is 8.95. The molecule has 0 spiro atoms. The molecule has 0 amide bonds. The molecule has 0 aromatic carbocycles. The lowest BCUT2D eigenvalue weighted by atomic mass is 9.94. The van der Waals surface area contributed by atoms with Crippen LogP contribution in [0.3, 0.4) is 0 Å². The molecular formula is C19H35N5S. The van der Waals surface area contributed by atoms with Gasteiger partial charge in [-0.2, -0.15) is 0 Å². The van der Waals surface area contributed by atoms with E-state index in [4.69, 9.17) is 4.99 Å². The average Bonchev–Trinajstić information content (AvgIpc) is 2.96. The summed E-state index contributed by atoms with van der Waals surface area (Å²) < 4.78 is 0. The van der Waals surface area contributed by atoms with E-state index in [2.05, 4.69) is 67.1 Å². The van der Waals surface area contributed by atoms with Crippen LogP contribution in [0.4, 0.5) is 0 Å². The predicted octanol–water partition coefficient (Wildman–Crippen LogP) is 3.36. The van der Waals surface area contributed by atoms with Crippen molar-refractivity contribution in [2.45, 2.75) is 59.5 Å². The molecule has 1 aromatic rings. The van der Waals surface area contributed by atoms with Crippen molar-refractivity contribution >= 4 is 17.3 Å². The molecule has 0 saturated carbocycles. The lowest BCUT2D eigenvalue weighted by Crippen LogP contribution is -2.51. The Morgan fingerprint density at radius 1 is 1.52 bits per heavy atom. The molecule has 142 valence electrons. The third-order valence-corrected chi connectivity index (χ3v) is 5.71. The average molecular weight is 366 g/mol. The summed E-state index contributed by atoms with van der Waals surface area (Å²) >= 11 is 1.70. The number of nitrogens with one attached hydrogen (secondary N) is 1. The van der Waals surface area contributed by atoms with Gasteiger partial charge >= 0.3 is 0 Å². The van der Waals surface area contributed by atoms with E-state index in [1.807, 2.05) is 0 Å². The Kier molecular flexibility index (Phi) is 7.25. The van der Waals surface area contributed by atoms with Crippen LogP contribution < -0.4 is 5.32 Å². The third kappa shape index (κ3) is 5.96. The molecule has 2 rings (SSSR count). The molecule has 5 nitrogen and oxygen atoms in total. The first-order chi connectivity index (χ1) is 11.8. The Labute approximate surface area is 157 Å². The summed E-state index contributed by atoms with van der Waals surface area (Å²) in [5, 5.41) is 6.68. The second-order valence-electron chi connectivity index (χ2n) is 7.89. The third-order valence-electron chi connectivity index (χ3n) is 4.89. The van der Waals surface area contributed by atoms with Crippen LogP contribution in [0.5, 0.6) is 0 Å². The van der Waals surface area contributed by atoms with Crippen LogP contribution in [-0.2, 0) is 6.54 Å². The molecular weight excluding hydrogens is 330 g/mol. The smallest absolute Gasteiger partial charge is 0.194 e. The molecule has 1 aliphatic heterocycles. The van der Waals surface area contributed by atoms with Crippen molar-refractivity contribution in [3.8, 4) is 0 Å². The molecule has 1 saturated heterocycles. The molecule has 1 atom stereocenters. The highest BCUT2D eigenvalue weighted by molar-refractivity contribution is 7.09. The van der Waals surface area contributed by atoms with E-state index in [1.54, 1.807) is 11.3 Å². The van der Waals surface area contributed by atoms with Gasteiger partial charge in [0.15, 0.2) is 5.96 Å². The lowest BCUT2D eigenvalue weighted by Gasteiger charge is -2.42. The van der Waals surface area contributed by atoms with Gasteiger partial charge in [0, 0.05) is 31.1 Å². The maximum Gasteiger partial charge on any atom is 0.194 e. The van der Waals surface area contributed by atoms with Crippen molar-refractivity contribution in [2.24, 2.45) is 10.9 Å². The van der Waals surface area contributed by atoms with Gasteiger partial charge in [0.25, 0.3) is 0 Å². The standard InChI is InChI=1S/C19H35N5S/c1-7-20-18(23(6)12-17-13-25-16(3)22-17)21-14-19(4,5)24-10-8-9-15(2)11-24/h13,15H,7-12,14H2,1-6H3,(H,20,21). The van der Waals surface area contributed by atoms with E-state index in [9.17, 15) is 0 Å². The number of piperidine rings is 1. The fourth-order valence-electron chi connectivity index (χ4n) is 3.38. The number of rotatable bonds is 6. The predicted molar refractivity (Wildman–Crippen MR) is 108 cm³/mol. The van der Waals surface area contributed by atoms with E-state index in [1.165, 1.54) is 25.9 Å². The summed E-state index contributed by atoms with van der Waals surface area (Å²) in [6.45, 7) is 16.0. The summed E-state index contributed by atoms with van der Waals surface area (Å²) in [6, 6.07) is 0. The van der Waals surface area contributed by atoms with E-state index in [0.717, 1.165) is 42.2 Å². The SMILES string of the molecule is CCNC(=NCC(C)(C)N1CCCC(C)C1)N(C)Cc1csc(C)n1. The normalized spacial score (nSPS) is 19.9. The highest BCUT2D eigenvalue weighted by Crippen LogP contribution is 2.24. The van der Waals surface area contributed by atoms with Crippen LogP contribution in [-0.4, -0.2) is 59.5 Å². The molecule has 25 heavy (non-hydrogen) atoms.